The van der Waals surface area contributed by atoms with Crippen LogP contribution in [0, 0.1) is 17.5 Å². The Labute approximate surface area is 192 Å². The smallest absolute Gasteiger partial charge is 0.272 e. The molecule has 10 heteroatoms. The van der Waals surface area contributed by atoms with Gasteiger partial charge in [-0.25, -0.2) is 23.1 Å². The van der Waals surface area contributed by atoms with Gasteiger partial charge in [0, 0.05) is 49.4 Å². The van der Waals surface area contributed by atoms with Gasteiger partial charge < -0.3 is 9.80 Å². The van der Waals surface area contributed by atoms with Crippen LogP contribution in [-0.4, -0.2) is 57.2 Å². The Kier molecular flexibility index (Phi) is 5.70. The number of H-pyrrole nitrogens is 1. The second-order valence-electron chi connectivity index (χ2n) is 7.84. The minimum Gasteiger partial charge on any atom is -0.353 e. The molecule has 7 nitrogen and oxygen atoms in total. The lowest BCUT2D eigenvalue weighted by Gasteiger charge is -2.35. The highest BCUT2D eigenvalue weighted by atomic mass is 19.1. The summed E-state index contributed by atoms with van der Waals surface area (Å²) in [6, 6.07) is 12.6. The lowest BCUT2D eigenvalue weighted by Crippen LogP contribution is -2.49. The van der Waals surface area contributed by atoms with E-state index in [2.05, 4.69) is 20.2 Å². The van der Waals surface area contributed by atoms with Crippen molar-refractivity contribution in [1.29, 1.82) is 0 Å². The molecule has 0 bridgehead atoms. The standard InChI is InChI=1S/C24H19F3N6O/c25-16-3-1-15(2-4-16)20-13-23(29-14-28-20)32-7-9-33(10-8-32)24(34)22-12-21(30-31-22)18-6-5-17(26)11-19(18)27/h1-6,11-14H,7-10H2,(H,30,31). The Morgan fingerprint density at radius 2 is 1.56 bits per heavy atom. The van der Waals surface area contributed by atoms with Crippen molar-refractivity contribution in [2.45, 2.75) is 0 Å². The van der Waals surface area contributed by atoms with Crippen LogP contribution in [0.5, 0.6) is 0 Å². The maximum atomic E-state index is 14.0. The zero-order valence-corrected chi connectivity index (χ0v) is 17.9. The number of hydrogen-bond donors (Lipinski definition) is 1. The van der Waals surface area contributed by atoms with Crippen LogP contribution >= 0.6 is 0 Å². The Bertz CT molecular complexity index is 1330. The number of aromatic amines is 1. The van der Waals surface area contributed by atoms with Crippen molar-refractivity contribution in [2.75, 3.05) is 31.1 Å². The SMILES string of the molecule is O=C(c1cc(-c2ccc(F)cc2F)n[nH]1)N1CCN(c2cc(-c3ccc(F)cc3)ncn2)CC1. The van der Waals surface area contributed by atoms with Gasteiger partial charge >= 0.3 is 0 Å². The molecule has 172 valence electrons. The van der Waals surface area contributed by atoms with Crippen LogP contribution in [0.25, 0.3) is 22.5 Å². The minimum atomic E-state index is -0.746. The average molecular weight is 464 g/mol. The van der Waals surface area contributed by atoms with Crippen LogP contribution in [0.4, 0.5) is 19.0 Å². The summed E-state index contributed by atoms with van der Waals surface area (Å²) in [7, 11) is 0. The number of amides is 1. The summed E-state index contributed by atoms with van der Waals surface area (Å²) in [6.07, 6.45) is 1.46. The molecule has 0 aliphatic carbocycles. The summed E-state index contributed by atoms with van der Waals surface area (Å²) in [5.41, 5.74) is 2.04. The van der Waals surface area contributed by atoms with Crippen LogP contribution in [0.2, 0.25) is 0 Å². The average Bonchev–Trinajstić information content (AvgIpc) is 3.34. The minimum absolute atomic E-state index is 0.113. The summed E-state index contributed by atoms with van der Waals surface area (Å²) >= 11 is 0. The summed E-state index contributed by atoms with van der Waals surface area (Å²) in [6.45, 7) is 2.01. The molecular formula is C24H19F3N6O. The lowest BCUT2D eigenvalue weighted by molar-refractivity contribution is 0.0740. The van der Waals surface area contributed by atoms with Gasteiger partial charge in [-0.2, -0.15) is 5.10 Å². The third-order valence-corrected chi connectivity index (χ3v) is 5.70. The molecule has 1 saturated heterocycles. The number of hydrogen-bond acceptors (Lipinski definition) is 5. The van der Waals surface area contributed by atoms with Gasteiger partial charge in [-0.15, -0.1) is 0 Å². The van der Waals surface area contributed by atoms with E-state index in [0.29, 0.717) is 31.9 Å². The van der Waals surface area contributed by atoms with Gasteiger partial charge in [0.05, 0.1) is 11.4 Å². The van der Waals surface area contributed by atoms with Crippen LogP contribution in [0.1, 0.15) is 10.5 Å². The van der Waals surface area contributed by atoms with Gasteiger partial charge in [0.2, 0.25) is 0 Å². The molecule has 0 spiro atoms. The van der Waals surface area contributed by atoms with Crippen molar-refractivity contribution in [3.8, 4) is 22.5 Å². The topological polar surface area (TPSA) is 78.0 Å². The van der Waals surface area contributed by atoms with Crippen LogP contribution in [-0.2, 0) is 0 Å². The number of rotatable bonds is 4. The second kappa shape index (κ2) is 8.97. The zero-order valence-electron chi connectivity index (χ0n) is 17.9. The Hall–Kier alpha value is -4.21. The van der Waals surface area contributed by atoms with E-state index in [0.717, 1.165) is 23.5 Å². The summed E-state index contributed by atoms with van der Waals surface area (Å²) in [4.78, 5) is 25.3. The second-order valence-corrected chi connectivity index (χ2v) is 7.84. The maximum Gasteiger partial charge on any atom is 0.272 e. The molecule has 1 N–H and O–H groups in total. The monoisotopic (exact) mass is 464 g/mol. The predicted octanol–water partition coefficient (Wildman–Crippen LogP) is 3.91. The Balaban J connectivity index is 1.25. The van der Waals surface area contributed by atoms with E-state index < -0.39 is 11.6 Å². The number of anilines is 1. The Morgan fingerprint density at radius 3 is 2.29 bits per heavy atom. The highest BCUT2D eigenvalue weighted by molar-refractivity contribution is 5.93. The molecular weight excluding hydrogens is 445 g/mol. The number of benzene rings is 2. The van der Waals surface area contributed by atoms with E-state index in [-0.39, 0.29) is 28.7 Å². The molecule has 1 amide bonds. The lowest BCUT2D eigenvalue weighted by atomic mass is 10.1. The van der Waals surface area contributed by atoms with Gasteiger partial charge in [-0.1, -0.05) is 0 Å². The zero-order chi connectivity index (χ0) is 23.7. The number of aromatic nitrogens is 4. The number of carbonyl (C=O) groups excluding carboxylic acids is 1. The van der Waals surface area contributed by atoms with Crippen LogP contribution in [0.3, 0.4) is 0 Å². The van der Waals surface area contributed by atoms with Crippen molar-refractivity contribution < 1.29 is 18.0 Å². The van der Waals surface area contributed by atoms with Gasteiger partial charge in [0.15, 0.2) is 0 Å². The molecule has 5 rings (SSSR count). The first-order valence-electron chi connectivity index (χ1n) is 10.6. The molecule has 2 aromatic carbocycles. The maximum absolute atomic E-state index is 14.0. The van der Waals surface area contributed by atoms with E-state index in [9.17, 15) is 18.0 Å². The fraction of sp³-hybridized carbons (Fsp3) is 0.167. The third-order valence-electron chi connectivity index (χ3n) is 5.70. The highest BCUT2D eigenvalue weighted by Gasteiger charge is 2.25. The molecule has 4 aromatic rings. The Morgan fingerprint density at radius 1 is 0.824 bits per heavy atom. The summed E-state index contributed by atoms with van der Waals surface area (Å²) < 4.78 is 40.4. The largest absolute Gasteiger partial charge is 0.353 e. The van der Waals surface area contributed by atoms with Gasteiger partial charge in [0.1, 0.15) is 35.3 Å². The number of nitrogens with one attached hydrogen (secondary N) is 1. The van der Waals surface area contributed by atoms with Crippen LogP contribution < -0.4 is 4.90 Å². The highest BCUT2D eigenvalue weighted by Crippen LogP contribution is 2.24. The normalized spacial score (nSPS) is 13.9. The van der Waals surface area contributed by atoms with E-state index >= 15 is 0 Å². The third kappa shape index (κ3) is 4.34. The van der Waals surface area contributed by atoms with E-state index in [1.54, 1.807) is 17.0 Å². The number of piperazine rings is 1. The fourth-order valence-corrected chi connectivity index (χ4v) is 3.87. The first kappa shape index (κ1) is 21.6. The van der Waals surface area contributed by atoms with Crippen molar-refractivity contribution >= 4 is 11.7 Å². The van der Waals surface area contributed by atoms with E-state index in [1.807, 2.05) is 11.0 Å². The summed E-state index contributed by atoms with van der Waals surface area (Å²) in [5.74, 6) is -1.28. The first-order chi connectivity index (χ1) is 16.5. The molecule has 1 aliphatic heterocycles. The van der Waals surface area contributed by atoms with Gasteiger partial charge in [0.25, 0.3) is 5.91 Å². The molecule has 0 atom stereocenters. The summed E-state index contributed by atoms with van der Waals surface area (Å²) in [5, 5.41) is 6.67. The van der Waals surface area contributed by atoms with Gasteiger partial charge in [-0.05, 0) is 42.5 Å². The fourth-order valence-electron chi connectivity index (χ4n) is 3.87. The molecule has 3 heterocycles. The van der Waals surface area contributed by atoms with Crippen molar-refractivity contribution in [3.63, 3.8) is 0 Å². The number of carbonyl (C=O) groups is 1. The molecule has 0 saturated carbocycles. The molecule has 34 heavy (non-hydrogen) atoms. The molecule has 0 radical (unpaired) electrons. The van der Waals surface area contributed by atoms with E-state index in [1.165, 1.54) is 30.6 Å². The van der Waals surface area contributed by atoms with Crippen molar-refractivity contribution in [1.82, 2.24) is 25.1 Å². The predicted molar refractivity (Wildman–Crippen MR) is 119 cm³/mol. The number of nitrogens with zero attached hydrogens (tertiary/aromatic N) is 5. The number of halogens is 3. The van der Waals surface area contributed by atoms with Crippen molar-refractivity contribution in [2.24, 2.45) is 0 Å². The quantitative estimate of drug-likeness (QED) is 0.496. The molecule has 0 unspecified atom stereocenters. The molecule has 1 aliphatic rings. The van der Waals surface area contributed by atoms with Crippen LogP contribution in [0.15, 0.2) is 60.9 Å². The van der Waals surface area contributed by atoms with Gasteiger partial charge in [-0.3, -0.25) is 9.89 Å². The van der Waals surface area contributed by atoms with E-state index in [4.69, 9.17) is 0 Å². The first-order valence-corrected chi connectivity index (χ1v) is 10.6. The molecule has 1 fully saturated rings. The molecule has 2 aromatic heterocycles. The van der Waals surface area contributed by atoms with Crippen molar-refractivity contribution in [3.05, 3.63) is 84.1 Å².